The van der Waals surface area contributed by atoms with Crippen molar-refractivity contribution in [2.24, 2.45) is 11.7 Å². The molecule has 1 aliphatic heterocycles. The van der Waals surface area contributed by atoms with Crippen molar-refractivity contribution in [1.82, 2.24) is 4.90 Å². The molecule has 110 valence electrons. The molecule has 0 saturated carbocycles. The molecule has 0 amide bonds. The Hall–Kier alpha value is -0.970. The summed E-state index contributed by atoms with van der Waals surface area (Å²) in [5.41, 5.74) is 7.09. The normalized spacial score (nSPS) is 25.3. The molecule has 0 aliphatic carbocycles. The fourth-order valence-corrected chi connectivity index (χ4v) is 3.13. The van der Waals surface area contributed by atoms with Crippen LogP contribution in [0.2, 0.25) is 0 Å². The Morgan fingerprint density at radius 1 is 1.45 bits per heavy atom. The van der Waals surface area contributed by atoms with Crippen LogP contribution in [-0.4, -0.2) is 36.2 Å². The van der Waals surface area contributed by atoms with E-state index in [1.807, 2.05) is 6.07 Å². The third-order valence-corrected chi connectivity index (χ3v) is 4.41. The minimum Gasteiger partial charge on any atom is -0.393 e. The highest BCUT2D eigenvalue weighted by atomic mass is 32.1. The zero-order valence-corrected chi connectivity index (χ0v) is 13.1. The molecule has 4 heteroatoms. The number of thiocarbonyl (C=S) groups is 1. The molecule has 3 unspecified atom stereocenters. The molecule has 0 spiro atoms. The number of piperidine rings is 1. The quantitative estimate of drug-likeness (QED) is 0.847. The van der Waals surface area contributed by atoms with Gasteiger partial charge in [-0.1, -0.05) is 49.5 Å². The third kappa shape index (κ3) is 3.78. The van der Waals surface area contributed by atoms with Crippen LogP contribution in [0.25, 0.3) is 0 Å². The van der Waals surface area contributed by atoms with E-state index in [1.54, 1.807) is 7.11 Å². The van der Waals surface area contributed by atoms with Crippen molar-refractivity contribution in [2.45, 2.75) is 31.9 Å². The summed E-state index contributed by atoms with van der Waals surface area (Å²) in [5, 5.41) is 0. The van der Waals surface area contributed by atoms with Gasteiger partial charge < -0.3 is 10.5 Å². The van der Waals surface area contributed by atoms with Gasteiger partial charge in [-0.25, -0.2) is 0 Å². The van der Waals surface area contributed by atoms with Crippen molar-refractivity contribution < 1.29 is 4.74 Å². The van der Waals surface area contributed by atoms with Gasteiger partial charge in [0.05, 0.1) is 11.1 Å². The molecule has 1 aromatic carbocycles. The van der Waals surface area contributed by atoms with Crippen LogP contribution in [0, 0.1) is 5.92 Å². The highest BCUT2D eigenvalue weighted by Crippen LogP contribution is 2.30. The predicted molar refractivity (Wildman–Crippen MR) is 86.7 cm³/mol. The molecule has 0 aromatic heterocycles. The van der Waals surface area contributed by atoms with Crippen molar-refractivity contribution in [3.63, 3.8) is 0 Å². The van der Waals surface area contributed by atoms with E-state index >= 15 is 0 Å². The largest absolute Gasteiger partial charge is 0.393 e. The molecule has 1 aromatic rings. The molecule has 3 nitrogen and oxygen atoms in total. The fourth-order valence-electron chi connectivity index (χ4n) is 2.97. The van der Waals surface area contributed by atoms with Crippen LogP contribution in [0.15, 0.2) is 30.3 Å². The second kappa shape index (κ2) is 7.16. The minimum atomic E-state index is 0.263. The summed E-state index contributed by atoms with van der Waals surface area (Å²) in [7, 11) is 1.80. The van der Waals surface area contributed by atoms with Gasteiger partial charge in [-0.15, -0.1) is 0 Å². The molecule has 2 N–H and O–H groups in total. The van der Waals surface area contributed by atoms with Crippen LogP contribution >= 0.6 is 12.2 Å². The average molecular weight is 292 g/mol. The molecular weight excluding hydrogens is 268 g/mol. The Kier molecular flexibility index (Phi) is 5.52. The van der Waals surface area contributed by atoms with Crippen LogP contribution in [0.1, 0.15) is 31.4 Å². The summed E-state index contributed by atoms with van der Waals surface area (Å²) < 4.78 is 5.62. The van der Waals surface area contributed by atoms with E-state index < -0.39 is 0 Å². The topological polar surface area (TPSA) is 38.5 Å². The third-order valence-electron chi connectivity index (χ3n) is 4.24. The first-order valence-electron chi connectivity index (χ1n) is 7.22. The molecule has 3 atom stereocenters. The molecule has 0 radical (unpaired) electrons. The van der Waals surface area contributed by atoms with E-state index in [9.17, 15) is 0 Å². The lowest BCUT2D eigenvalue weighted by Gasteiger charge is -2.40. The number of nitrogens with two attached hydrogens (primary N) is 1. The first kappa shape index (κ1) is 15.4. The Labute approximate surface area is 127 Å². The molecule has 20 heavy (non-hydrogen) atoms. The lowest BCUT2D eigenvalue weighted by molar-refractivity contribution is -0.0185. The Bertz CT molecular complexity index is 437. The van der Waals surface area contributed by atoms with Crippen LogP contribution in [0.3, 0.4) is 0 Å². The predicted octanol–water partition coefficient (Wildman–Crippen LogP) is 2.76. The second-order valence-corrected chi connectivity index (χ2v) is 6.16. The highest BCUT2D eigenvalue weighted by Gasteiger charge is 2.31. The zero-order chi connectivity index (χ0) is 14.5. The number of nitrogens with zero attached hydrogens (tertiary/aromatic N) is 1. The van der Waals surface area contributed by atoms with Gasteiger partial charge in [-0.05, 0) is 24.4 Å². The Morgan fingerprint density at radius 3 is 2.75 bits per heavy atom. The van der Waals surface area contributed by atoms with Crippen molar-refractivity contribution in [2.75, 3.05) is 20.2 Å². The van der Waals surface area contributed by atoms with Gasteiger partial charge >= 0.3 is 0 Å². The summed E-state index contributed by atoms with van der Waals surface area (Å²) in [6.45, 7) is 4.28. The maximum atomic E-state index is 5.81. The molecule has 1 aliphatic rings. The summed E-state index contributed by atoms with van der Waals surface area (Å²) in [4.78, 5) is 3.04. The first-order valence-corrected chi connectivity index (χ1v) is 7.62. The van der Waals surface area contributed by atoms with Gasteiger partial charge in [0.1, 0.15) is 0 Å². The molecule has 1 heterocycles. The van der Waals surface area contributed by atoms with Crippen molar-refractivity contribution >= 4 is 17.2 Å². The van der Waals surface area contributed by atoms with Crippen LogP contribution in [0.5, 0.6) is 0 Å². The van der Waals surface area contributed by atoms with Gasteiger partial charge in [-0.2, -0.15) is 0 Å². The highest BCUT2D eigenvalue weighted by molar-refractivity contribution is 7.80. The number of ether oxygens (including phenoxy) is 1. The van der Waals surface area contributed by atoms with Crippen molar-refractivity contribution in [3.8, 4) is 0 Å². The van der Waals surface area contributed by atoms with Crippen molar-refractivity contribution in [3.05, 3.63) is 35.9 Å². The maximum Gasteiger partial charge on any atom is 0.0746 e. The van der Waals surface area contributed by atoms with E-state index in [0.29, 0.717) is 17.0 Å². The number of methoxy groups -OCH3 is 1. The lowest BCUT2D eigenvalue weighted by atomic mass is 9.92. The summed E-state index contributed by atoms with van der Waals surface area (Å²) in [6.07, 6.45) is 2.17. The maximum absolute atomic E-state index is 5.81. The number of benzene rings is 1. The van der Waals surface area contributed by atoms with Gasteiger partial charge in [0.15, 0.2) is 0 Å². The lowest BCUT2D eigenvalue weighted by Crippen LogP contribution is -2.46. The number of hydrogen-bond donors (Lipinski definition) is 1. The Morgan fingerprint density at radius 2 is 2.15 bits per heavy atom. The first-order chi connectivity index (χ1) is 9.61. The number of likely N-dealkylation sites (tertiary alicyclic amines) is 1. The van der Waals surface area contributed by atoms with Crippen molar-refractivity contribution in [1.29, 1.82) is 0 Å². The van der Waals surface area contributed by atoms with Gasteiger partial charge in [0.25, 0.3) is 0 Å². The van der Waals surface area contributed by atoms with Gasteiger partial charge in [-0.3, -0.25) is 4.90 Å². The fraction of sp³-hybridized carbons (Fsp3) is 0.562. The summed E-state index contributed by atoms with van der Waals surface area (Å²) in [6, 6.07) is 10.8. The molecule has 1 fully saturated rings. The second-order valence-electron chi connectivity index (χ2n) is 5.63. The van der Waals surface area contributed by atoms with Gasteiger partial charge in [0.2, 0.25) is 0 Å². The average Bonchev–Trinajstić information content (AvgIpc) is 2.46. The Balaban J connectivity index is 2.17. The van der Waals surface area contributed by atoms with E-state index in [1.165, 1.54) is 5.56 Å². The van der Waals surface area contributed by atoms with E-state index in [4.69, 9.17) is 22.7 Å². The van der Waals surface area contributed by atoms with E-state index in [-0.39, 0.29) is 6.04 Å². The summed E-state index contributed by atoms with van der Waals surface area (Å²) >= 11 is 5.14. The van der Waals surface area contributed by atoms with Crippen LogP contribution in [-0.2, 0) is 4.74 Å². The van der Waals surface area contributed by atoms with E-state index in [0.717, 1.165) is 25.9 Å². The standard InChI is InChI=1S/C16H24N2OS/c1-12-8-9-18(11-15(12)19-2)14(10-16(17)20)13-6-4-3-5-7-13/h3-7,12,14-15H,8-11H2,1-2H3,(H2,17,20). The van der Waals surface area contributed by atoms with Crippen LogP contribution < -0.4 is 5.73 Å². The molecular formula is C16H24N2OS. The minimum absolute atomic E-state index is 0.263. The SMILES string of the molecule is COC1CN(C(CC(N)=S)c2ccccc2)CCC1C. The smallest absolute Gasteiger partial charge is 0.0746 e. The monoisotopic (exact) mass is 292 g/mol. The zero-order valence-electron chi connectivity index (χ0n) is 12.3. The van der Waals surface area contributed by atoms with E-state index in [2.05, 4.69) is 36.1 Å². The summed E-state index contributed by atoms with van der Waals surface area (Å²) in [5.74, 6) is 0.609. The van der Waals surface area contributed by atoms with Gasteiger partial charge in [0, 0.05) is 26.1 Å². The van der Waals surface area contributed by atoms with Crippen LogP contribution in [0.4, 0.5) is 0 Å². The molecule has 1 saturated heterocycles. The molecule has 0 bridgehead atoms. The number of hydrogen-bond acceptors (Lipinski definition) is 3. The molecule has 2 rings (SSSR count). The number of rotatable bonds is 5.